The Kier molecular flexibility index (Phi) is 3.46. The molecular weight excluding hydrogens is 136 g/mol. The van der Waals surface area contributed by atoms with Gasteiger partial charge in [-0.15, -0.1) is 0 Å². The lowest BCUT2D eigenvalue weighted by Crippen LogP contribution is -2.31. The van der Waals surface area contributed by atoms with Gasteiger partial charge in [-0.1, -0.05) is 6.92 Å². The number of hydrogen-bond acceptors (Lipinski definition) is 4. The summed E-state index contributed by atoms with van der Waals surface area (Å²) in [5, 5.41) is 10.0. The SMILES string of the molecule is COC(=O)CC(C)C(=O)[O-]. The maximum atomic E-state index is 10.4. The van der Waals surface area contributed by atoms with Gasteiger partial charge in [0.25, 0.3) is 0 Å². The summed E-state index contributed by atoms with van der Waals surface area (Å²) in [5.41, 5.74) is 0. The highest BCUT2D eigenvalue weighted by atomic mass is 16.5. The first-order valence-electron chi connectivity index (χ1n) is 2.85. The Bertz CT molecular complexity index is 141. The van der Waals surface area contributed by atoms with Crippen molar-refractivity contribution in [1.82, 2.24) is 0 Å². The van der Waals surface area contributed by atoms with E-state index < -0.39 is 17.9 Å². The number of esters is 1. The summed E-state index contributed by atoms with van der Waals surface area (Å²) < 4.78 is 4.24. The summed E-state index contributed by atoms with van der Waals surface area (Å²) in [6, 6.07) is 0. The first-order valence-corrected chi connectivity index (χ1v) is 2.85. The molecule has 0 fully saturated rings. The van der Waals surface area contributed by atoms with Gasteiger partial charge in [-0.2, -0.15) is 0 Å². The van der Waals surface area contributed by atoms with Crippen molar-refractivity contribution in [3.63, 3.8) is 0 Å². The second-order valence-electron chi connectivity index (χ2n) is 2.00. The second kappa shape index (κ2) is 3.87. The highest BCUT2D eigenvalue weighted by Crippen LogP contribution is 2.00. The zero-order chi connectivity index (χ0) is 8.15. The number of aliphatic carboxylic acids is 1. The fraction of sp³-hybridized carbons (Fsp3) is 0.667. The summed E-state index contributed by atoms with van der Waals surface area (Å²) in [6.45, 7) is 1.40. The van der Waals surface area contributed by atoms with E-state index in [0.717, 1.165) is 0 Å². The normalized spacial score (nSPS) is 12.2. The van der Waals surface area contributed by atoms with Gasteiger partial charge in [-0.05, 0) is 0 Å². The summed E-state index contributed by atoms with van der Waals surface area (Å²) in [7, 11) is 1.21. The number of rotatable bonds is 3. The molecule has 1 atom stereocenters. The minimum Gasteiger partial charge on any atom is -0.550 e. The monoisotopic (exact) mass is 145 g/mol. The standard InChI is InChI=1S/C6H10O4/c1-4(6(8)9)3-5(7)10-2/h4H,3H2,1-2H3,(H,8,9)/p-1. The van der Waals surface area contributed by atoms with Crippen LogP contribution in [0.25, 0.3) is 0 Å². The van der Waals surface area contributed by atoms with E-state index in [1.807, 2.05) is 0 Å². The van der Waals surface area contributed by atoms with Gasteiger partial charge in [-0.3, -0.25) is 4.79 Å². The molecule has 4 nitrogen and oxygen atoms in total. The minimum absolute atomic E-state index is 0.126. The Balaban J connectivity index is 3.68. The average molecular weight is 145 g/mol. The summed E-state index contributed by atoms with van der Waals surface area (Å²) in [5.74, 6) is -2.53. The fourth-order valence-electron chi connectivity index (χ4n) is 0.417. The molecule has 0 spiro atoms. The van der Waals surface area contributed by atoms with Crippen molar-refractivity contribution in [3.8, 4) is 0 Å². The van der Waals surface area contributed by atoms with Crippen molar-refractivity contribution in [3.05, 3.63) is 0 Å². The molecule has 0 heterocycles. The van der Waals surface area contributed by atoms with E-state index in [1.54, 1.807) is 0 Å². The Hall–Kier alpha value is -1.06. The van der Waals surface area contributed by atoms with E-state index >= 15 is 0 Å². The summed E-state index contributed by atoms with van der Waals surface area (Å²) >= 11 is 0. The number of carbonyl (C=O) groups is 2. The smallest absolute Gasteiger partial charge is 0.306 e. The van der Waals surface area contributed by atoms with Gasteiger partial charge >= 0.3 is 5.97 Å². The zero-order valence-electron chi connectivity index (χ0n) is 5.92. The number of carbonyl (C=O) groups excluding carboxylic acids is 2. The Labute approximate surface area is 58.8 Å². The number of ether oxygens (including phenoxy) is 1. The van der Waals surface area contributed by atoms with Gasteiger partial charge in [0.2, 0.25) is 0 Å². The van der Waals surface area contributed by atoms with Crippen LogP contribution < -0.4 is 5.11 Å². The highest BCUT2D eigenvalue weighted by Gasteiger charge is 2.08. The third-order valence-electron chi connectivity index (χ3n) is 1.10. The largest absolute Gasteiger partial charge is 0.550 e. The van der Waals surface area contributed by atoms with Gasteiger partial charge in [-0.25, -0.2) is 0 Å². The molecule has 0 saturated heterocycles. The molecule has 0 bridgehead atoms. The molecule has 0 N–H and O–H groups in total. The van der Waals surface area contributed by atoms with Crippen LogP contribution in [0.5, 0.6) is 0 Å². The average Bonchev–Trinajstić information content (AvgIpc) is 1.87. The molecule has 0 amide bonds. The van der Waals surface area contributed by atoms with Gasteiger partial charge in [0.05, 0.1) is 13.5 Å². The van der Waals surface area contributed by atoms with Crippen LogP contribution >= 0.6 is 0 Å². The maximum absolute atomic E-state index is 10.4. The maximum Gasteiger partial charge on any atom is 0.306 e. The number of hydrogen-bond donors (Lipinski definition) is 0. The van der Waals surface area contributed by atoms with E-state index in [2.05, 4.69) is 4.74 Å². The van der Waals surface area contributed by atoms with Crippen molar-refractivity contribution in [2.75, 3.05) is 7.11 Å². The minimum atomic E-state index is -1.23. The van der Waals surface area contributed by atoms with E-state index in [0.29, 0.717) is 0 Å². The van der Waals surface area contributed by atoms with Crippen molar-refractivity contribution < 1.29 is 19.4 Å². The van der Waals surface area contributed by atoms with Crippen molar-refractivity contribution in [2.24, 2.45) is 5.92 Å². The van der Waals surface area contributed by atoms with Crippen LogP contribution in [0, 0.1) is 5.92 Å². The number of methoxy groups -OCH3 is 1. The summed E-state index contributed by atoms with van der Waals surface area (Å²) in [6.07, 6.45) is -0.126. The third kappa shape index (κ3) is 3.06. The Morgan fingerprint density at radius 1 is 1.60 bits per heavy atom. The number of carboxylic acids is 1. The topological polar surface area (TPSA) is 66.4 Å². The molecule has 0 aliphatic carbocycles. The van der Waals surface area contributed by atoms with E-state index in [4.69, 9.17) is 0 Å². The first kappa shape index (κ1) is 8.94. The highest BCUT2D eigenvalue weighted by molar-refractivity contribution is 5.77. The molecule has 4 heteroatoms. The molecule has 0 aliphatic heterocycles. The molecule has 0 saturated carbocycles. The quantitative estimate of drug-likeness (QED) is 0.474. The van der Waals surface area contributed by atoms with Crippen LogP contribution in [0.15, 0.2) is 0 Å². The van der Waals surface area contributed by atoms with Crippen LogP contribution in [0.2, 0.25) is 0 Å². The molecule has 0 aliphatic rings. The lowest BCUT2D eigenvalue weighted by atomic mass is 10.1. The van der Waals surface area contributed by atoms with Gasteiger partial charge in [0, 0.05) is 11.9 Å². The molecule has 0 aromatic carbocycles. The Morgan fingerprint density at radius 2 is 2.10 bits per heavy atom. The van der Waals surface area contributed by atoms with E-state index in [9.17, 15) is 14.7 Å². The predicted molar refractivity (Wildman–Crippen MR) is 30.8 cm³/mol. The van der Waals surface area contributed by atoms with Gasteiger partial charge in [0.1, 0.15) is 0 Å². The fourth-order valence-corrected chi connectivity index (χ4v) is 0.417. The Morgan fingerprint density at radius 3 is 2.40 bits per heavy atom. The van der Waals surface area contributed by atoms with E-state index in [-0.39, 0.29) is 6.42 Å². The lowest BCUT2D eigenvalue weighted by molar-refractivity contribution is -0.311. The molecule has 0 radical (unpaired) electrons. The first-order chi connectivity index (χ1) is 4.57. The second-order valence-corrected chi connectivity index (χ2v) is 2.00. The molecule has 58 valence electrons. The van der Waals surface area contributed by atoms with Crippen LogP contribution in [-0.2, 0) is 14.3 Å². The molecule has 1 unspecified atom stereocenters. The van der Waals surface area contributed by atoms with Gasteiger partial charge < -0.3 is 14.6 Å². The predicted octanol–water partition coefficient (Wildman–Crippen LogP) is -1.06. The molecule has 0 aromatic heterocycles. The van der Waals surface area contributed by atoms with Crippen molar-refractivity contribution in [1.29, 1.82) is 0 Å². The zero-order valence-corrected chi connectivity index (χ0v) is 5.92. The lowest BCUT2D eigenvalue weighted by Gasteiger charge is -2.09. The van der Waals surface area contributed by atoms with Crippen molar-refractivity contribution in [2.45, 2.75) is 13.3 Å². The molecular formula is C6H9O4-. The van der Waals surface area contributed by atoms with E-state index in [1.165, 1.54) is 14.0 Å². The van der Waals surface area contributed by atoms with Gasteiger partial charge in [0.15, 0.2) is 0 Å². The third-order valence-corrected chi connectivity index (χ3v) is 1.10. The van der Waals surface area contributed by atoms with Crippen LogP contribution in [0.3, 0.4) is 0 Å². The van der Waals surface area contributed by atoms with Crippen molar-refractivity contribution >= 4 is 11.9 Å². The van der Waals surface area contributed by atoms with Crippen LogP contribution in [0.1, 0.15) is 13.3 Å². The molecule has 0 aromatic rings. The van der Waals surface area contributed by atoms with Crippen LogP contribution in [0.4, 0.5) is 0 Å². The molecule has 10 heavy (non-hydrogen) atoms. The molecule has 0 rings (SSSR count). The summed E-state index contributed by atoms with van der Waals surface area (Å²) in [4.78, 5) is 20.4. The van der Waals surface area contributed by atoms with Crippen LogP contribution in [-0.4, -0.2) is 19.0 Å². The number of carboxylic acid groups (broad SMARTS) is 1.